The van der Waals surface area contributed by atoms with Gasteiger partial charge in [-0.1, -0.05) is 12.1 Å². The summed E-state index contributed by atoms with van der Waals surface area (Å²) >= 11 is 5.02. The fourth-order valence-electron chi connectivity index (χ4n) is 1.98. The van der Waals surface area contributed by atoms with Crippen molar-refractivity contribution in [1.29, 1.82) is 0 Å². The highest BCUT2D eigenvalue weighted by Crippen LogP contribution is 2.14. The van der Waals surface area contributed by atoms with E-state index >= 15 is 0 Å². The Morgan fingerprint density at radius 2 is 2.14 bits per heavy atom. The normalized spacial score (nSPS) is 10.5. The monoisotopic (exact) mass is 321 g/mol. The van der Waals surface area contributed by atoms with Gasteiger partial charge in [0.1, 0.15) is 5.82 Å². The highest BCUT2D eigenvalue weighted by Gasteiger charge is 2.11. The Kier molecular flexibility index (Phi) is 5.68. The summed E-state index contributed by atoms with van der Waals surface area (Å²) in [5, 5.41) is 3.24. The van der Waals surface area contributed by atoms with Crippen LogP contribution >= 0.6 is 12.2 Å². The van der Waals surface area contributed by atoms with Crippen molar-refractivity contribution in [3.05, 3.63) is 30.1 Å². The van der Waals surface area contributed by atoms with Crippen molar-refractivity contribution in [2.75, 3.05) is 20.3 Å². The van der Waals surface area contributed by atoms with Crippen LogP contribution in [0.2, 0.25) is 0 Å². The molecule has 0 aliphatic carbocycles. The number of methoxy groups -OCH3 is 1. The number of hydrogen-bond acceptors (Lipinski definition) is 4. The van der Waals surface area contributed by atoms with Crippen molar-refractivity contribution < 1.29 is 9.53 Å². The number of rotatable bonds is 5. The Hall–Kier alpha value is -2.19. The van der Waals surface area contributed by atoms with Crippen LogP contribution in [0.4, 0.5) is 0 Å². The molecule has 0 radical (unpaired) electrons. The van der Waals surface area contributed by atoms with Gasteiger partial charge in [-0.15, -0.1) is 0 Å². The van der Waals surface area contributed by atoms with Crippen molar-refractivity contribution >= 4 is 34.3 Å². The molecular weight excluding hydrogens is 302 g/mol. The molecule has 0 aliphatic heterocycles. The third-order valence-corrected chi connectivity index (χ3v) is 3.35. The van der Waals surface area contributed by atoms with Gasteiger partial charge in [0.2, 0.25) is 5.91 Å². The molecule has 0 atom stereocenters. The standard InChI is InChI=1S/C14H19N5O2S/c1-19-11-6-4-3-5-10(11)16-12(19)9-13(20)17-18-14(22)15-7-8-21-2/h3-6H,7-9H2,1-2H3,(H,17,20)(H2,15,18,22). The number of thiocarbonyl (C=S) groups is 1. The number of carbonyl (C=O) groups excluding carboxylic acids is 1. The highest BCUT2D eigenvalue weighted by molar-refractivity contribution is 7.80. The second-order valence-electron chi connectivity index (χ2n) is 4.67. The van der Waals surface area contributed by atoms with Crippen molar-refractivity contribution in [1.82, 2.24) is 25.7 Å². The van der Waals surface area contributed by atoms with Gasteiger partial charge in [-0.25, -0.2) is 4.98 Å². The van der Waals surface area contributed by atoms with E-state index in [-0.39, 0.29) is 12.3 Å². The first-order valence-corrected chi connectivity index (χ1v) is 7.24. The zero-order chi connectivity index (χ0) is 15.9. The van der Waals surface area contributed by atoms with Crippen molar-refractivity contribution in [2.24, 2.45) is 7.05 Å². The first-order valence-electron chi connectivity index (χ1n) is 6.83. The van der Waals surface area contributed by atoms with E-state index in [1.807, 2.05) is 35.9 Å². The summed E-state index contributed by atoms with van der Waals surface area (Å²) in [6, 6.07) is 7.76. The summed E-state index contributed by atoms with van der Waals surface area (Å²) in [6.45, 7) is 1.11. The molecular formula is C14H19N5O2S. The highest BCUT2D eigenvalue weighted by atomic mass is 32.1. The SMILES string of the molecule is COCCNC(=S)NNC(=O)Cc1nc2ccccc2n1C. The summed E-state index contributed by atoms with van der Waals surface area (Å²) in [5.41, 5.74) is 7.05. The lowest BCUT2D eigenvalue weighted by Crippen LogP contribution is -2.48. The van der Waals surface area contributed by atoms with E-state index in [1.54, 1.807) is 7.11 Å². The Morgan fingerprint density at radius 3 is 2.86 bits per heavy atom. The van der Waals surface area contributed by atoms with E-state index < -0.39 is 0 Å². The summed E-state index contributed by atoms with van der Waals surface area (Å²) < 4.78 is 6.80. The number of aromatic nitrogens is 2. The van der Waals surface area contributed by atoms with Crippen LogP contribution in [0.25, 0.3) is 11.0 Å². The first-order chi connectivity index (χ1) is 10.6. The summed E-state index contributed by atoms with van der Waals surface area (Å²) in [7, 11) is 3.50. The van der Waals surface area contributed by atoms with E-state index in [0.29, 0.717) is 24.1 Å². The van der Waals surface area contributed by atoms with Crippen molar-refractivity contribution in [3.63, 3.8) is 0 Å². The van der Waals surface area contributed by atoms with E-state index in [9.17, 15) is 4.79 Å². The van der Waals surface area contributed by atoms with Gasteiger partial charge in [-0.3, -0.25) is 15.6 Å². The van der Waals surface area contributed by atoms with E-state index in [0.717, 1.165) is 11.0 Å². The average molecular weight is 321 g/mol. The minimum absolute atomic E-state index is 0.166. The molecule has 0 spiro atoms. The molecule has 0 bridgehead atoms. The van der Waals surface area contributed by atoms with E-state index in [2.05, 4.69) is 21.2 Å². The minimum Gasteiger partial charge on any atom is -0.383 e. The van der Waals surface area contributed by atoms with Gasteiger partial charge in [0, 0.05) is 20.7 Å². The quantitative estimate of drug-likeness (QED) is 0.416. The van der Waals surface area contributed by atoms with Crippen molar-refractivity contribution in [2.45, 2.75) is 6.42 Å². The number of aryl methyl sites for hydroxylation is 1. The van der Waals surface area contributed by atoms with Gasteiger partial charge < -0.3 is 14.6 Å². The van der Waals surface area contributed by atoms with E-state index in [4.69, 9.17) is 17.0 Å². The minimum atomic E-state index is -0.214. The number of ether oxygens (including phenoxy) is 1. The van der Waals surface area contributed by atoms with Crippen LogP contribution in [0.5, 0.6) is 0 Å². The fraction of sp³-hybridized carbons (Fsp3) is 0.357. The lowest BCUT2D eigenvalue weighted by molar-refractivity contribution is -0.121. The van der Waals surface area contributed by atoms with Crippen LogP contribution < -0.4 is 16.2 Å². The predicted octanol–water partition coefficient (Wildman–Crippen LogP) is 0.258. The maximum atomic E-state index is 11.9. The molecule has 1 aromatic heterocycles. The average Bonchev–Trinajstić information content (AvgIpc) is 2.82. The second kappa shape index (κ2) is 7.71. The van der Waals surface area contributed by atoms with Gasteiger partial charge in [-0.05, 0) is 24.4 Å². The summed E-state index contributed by atoms with van der Waals surface area (Å²) in [4.78, 5) is 16.4. The number of benzene rings is 1. The smallest absolute Gasteiger partial charge is 0.245 e. The van der Waals surface area contributed by atoms with Gasteiger partial charge in [0.15, 0.2) is 5.11 Å². The second-order valence-corrected chi connectivity index (χ2v) is 5.08. The Morgan fingerprint density at radius 1 is 1.36 bits per heavy atom. The zero-order valence-corrected chi connectivity index (χ0v) is 13.4. The largest absolute Gasteiger partial charge is 0.383 e. The van der Waals surface area contributed by atoms with Crippen LogP contribution in [0, 0.1) is 0 Å². The Balaban J connectivity index is 1.86. The van der Waals surface area contributed by atoms with Gasteiger partial charge in [0.05, 0.1) is 24.1 Å². The number of para-hydroxylation sites is 2. The van der Waals surface area contributed by atoms with Crippen LogP contribution in [-0.4, -0.2) is 40.8 Å². The number of nitrogens with one attached hydrogen (secondary N) is 3. The van der Waals surface area contributed by atoms with Gasteiger partial charge in [-0.2, -0.15) is 0 Å². The van der Waals surface area contributed by atoms with Gasteiger partial charge in [0.25, 0.3) is 0 Å². The van der Waals surface area contributed by atoms with Crippen molar-refractivity contribution in [3.8, 4) is 0 Å². The maximum absolute atomic E-state index is 11.9. The molecule has 0 aliphatic rings. The Labute approximate surface area is 134 Å². The van der Waals surface area contributed by atoms with E-state index in [1.165, 1.54) is 0 Å². The molecule has 1 aromatic carbocycles. The van der Waals surface area contributed by atoms with Crippen LogP contribution in [0.15, 0.2) is 24.3 Å². The molecule has 8 heteroatoms. The molecule has 1 amide bonds. The van der Waals surface area contributed by atoms with Gasteiger partial charge >= 0.3 is 0 Å². The molecule has 7 nitrogen and oxygen atoms in total. The van der Waals surface area contributed by atoms with Crippen LogP contribution in [0.1, 0.15) is 5.82 Å². The third-order valence-electron chi connectivity index (χ3n) is 3.11. The number of amides is 1. The molecule has 22 heavy (non-hydrogen) atoms. The molecule has 2 aromatic rings. The predicted molar refractivity (Wildman–Crippen MR) is 88.2 cm³/mol. The fourth-order valence-corrected chi connectivity index (χ4v) is 2.13. The molecule has 0 saturated heterocycles. The number of nitrogens with zero attached hydrogens (tertiary/aromatic N) is 2. The molecule has 0 saturated carbocycles. The lowest BCUT2D eigenvalue weighted by atomic mass is 10.3. The zero-order valence-electron chi connectivity index (χ0n) is 12.5. The summed E-state index contributed by atoms with van der Waals surface area (Å²) in [5.74, 6) is 0.480. The third kappa shape index (κ3) is 4.15. The maximum Gasteiger partial charge on any atom is 0.245 e. The van der Waals surface area contributed by atoms with Crippen LogP contribution in [-0.2, 0) is 23.0 Å². The Bertz CT molecular complexity index is 670. The molecule has 2 rings (SSSR count). The molecule has 1 heterocycles. The van der Waals surface area contributed by atoms with Crippen LogP contribution in [0.3, 0.4) is 0 Å². The molecule has 0 unspecified atom stereocenters. The number of fused-ring (bicyclic) bond motifs is 1. The number of hydrazine groups is 1. The number of hydrogen-bond donors (Lipinski definition) is 3. The first kappa shape index (κ1) is 16.2. The number of imidazole rings is 1. The molecule has 0 fully saturated rings. The molecule has 118 valence electrons. The topological polar surface area (TPSA) is 80.2 Å². The lowest BCUT2D eigenvalue weighted by Gasteiger charge is -2.11. The summed E-state index contributed by atoms with van der Waals surface area (Å²) in [6.07, 6.45) is 0.166. The number of carbonyl (C=O) groups is 1. The molecule has 3 N–H and O–H groups in total.